The highest BCUT2D eigenvalue weighted by atomic mass is 16.5. The number of carbonyl (C=O) groups excluding carboxylic acids is 1. The lowest BCUT2D eigenvalue weighted by atomic mass is 9.92. The van der Waals surface area contributed by atoms with E-state index in [9.17, 15) is 4.79 Å². The third-order valence-electron chi connectivity index (χ3n) is 3.94. The van der Waals surface area contributed by atoms with Gasteiger partial charge in [-0.1, -0.05) is 20.8 Å². The van der Waals surface area contributed by atoms with Crippen molar-refractivity contribution in [1.82, 2.24) is 15.5 Å². The fourth-order valence-corrected chi connectivity index (χ4v) is 2.53. The van der Waals surface area contributed by atoms with Crippen LogP contribution in [0.5, 0.6) is 0 Å². The van der Waals surface area contributed by atoms with Crippen molar-refractivity contribution >= 4 is 11.8 Å². The molecule has 1 fully saturated rings. The Morgan fingerprint density at radius 2 is 2.13 bits per heavy atom. The maximum Gasteiger partial charge on any atom is 0.320 e. The molecular formula is C17H28N4O2. The molecule has 2 rings (SSSR count). The van der Waals surface area contributed by atoms with Crippen molar-refractivity contribution in [2.75, 3.05) is 18.5 Å². The number of aromatic nitrogens is 2. The predicted molar refractivity (Wildman–Crippen MR) is 90.6 cm³/mol. The summed E-state index contributed by atoms with van der Waals surface area (Å²) in [4.78, 5) is 11.8. The molecule has 1 saturated heterocycles. The molecule has 1 aliphatic heterocycles. The van der Waals surface area contributed by atoms with Crippen LogP contribution in [-0.4, -0.2) is 35.5 Å². The number of ether oxygens (including phenoxy) is 1. The zero-order chi connectivity index (χ0) is 16.7. The number of amides is 2. The summed E-state index contributed by atoms with van der Waals surface area (Å²) in [5.41, 5.74) is 0.852. The van der Waals surface area contributed by atoms with E-state index in [0.29, 0.717) is 18.5 Å². The lowest BCUT2D eigenvalue weighted by molar-refractivity contribution is 0.0103. The average molecular weight is 320 g/mol. The standard InChI is InChI=1S/C17H28N4O2/c1-17(2,3)14-9-10-15(21-20-14)19-16(22)18-11-6-8-13-7-4-5-12-23-13/h9-10,13H,4-8,11-12H2,1-3H3,(H2,18,19,21,22). The van der Waals surface area contributed by atoms with Gasteiger partial charge in [-0.25, -0.2) is 4.79 Å². The summed E-state index contributed by atoms with van der Waals surface area (Å²) in [6.07, 6.45) is 5.85. The molecule has 1 aromatic rings. The molecule has 2 amide bonds. The highest BCUT2D eigenvalue weighted by Gasteiger charge is 2.16. The third kappa shape index (κ3) is 6.14. The van der Waals surface area contributed by atoms with E-state index in [4.69, 9.17) is 4.74 Å². The monoisotopic (exact) mass is 320 g/mol. The van der Waals surface area contributed by atoms with Gasteiger partial charge in [0.1, 0.15) is 0 Å². The molecule has 0 spiro atoms. The molecule has 2 N–H and O–H groups in total. The Balaban J connectivity index is 1.66. The van der Waals surface area contributed by atoms with Gasteiger partial charge in [0.2, 0.25) is 0 Å². The van der Waals surface area contributed by atoms with E-state index in [-0.39, 0.29) is 11.4 Å². The Hall–Kier alpha value is -1.69. The largest absolute Gasteiger partial charge is 0.378 e. The van der Waals surface area contributed by atoms with Gasteiger partial charge in [-0.05, 0) is 44.2 Å². The van der Waals surface area contributed by atoms with Crippen LogP contribution in [0.4, 0.5) is 10.6 Å². The molecular weight excluding hydrogens is 292 g/mol. The van der Waals surface area contributed by atoms with Crippen LogP contribution in [0.1, 0.15) is 58.6 Å². The second kappa shape index (κ2) is 8.24. The third-order valence-corrected chi connectivity index (χ3v) is 3.94. The first kappa shape index (κ1) is 17.7. The Morgan fingerprint density at radius 1 is 1.30 bits per heavy atom. The number of anilines is 1. The Kier molecular flexibility index (Phi) is 6.33. The van der Waals surface area contributed by atoms with E-state index >= 15 is 0 Å². The first-order valence-electron chi connectivity index (χ1n) is 8.46. The molecule has 2 heterocycles. The van der Waals surface area contributed by atoms with Crippen LogP contribution >= 0.6 is 0 Å². The first-order valence-corrected chi connectivity index (χ1v) is 8.46. The topological polar surface area (TPSA) is 76.1 Å². The molecule has 6 nitrogen and oxygen atoms in total. The summed E-state index contributed by atoms with van der Waals surface area (Å²) in [6.45, 7) is 7.74. The molecule has 128 valence electrons. The minimum Gasteiger partial charge on any atom is -0.378 e. The normalized spacial score (nSPS) is 18.5. The number of nitrogens with zero attached hydrogens (tertiary/aromatic N) is 2. The molecule has 0 aromatic carbocycles. The van der Waals surface area contributed by atoms with Gasteiger partial charge in [0.15, 0.2) is 5.82 Å². The summed E-state index contributed by atoms with van der Waals surface area (Å²) in [6, 6.07) is 3.43. The minimum atomic E-state index is -0.243. The maximum absolute atomic E-state index is 11.8. The molecule has 1 aliphatic rings. The van der Waals surface area contributed by atoms with Gasteiger partial charge >= 0.3 is 6.03 Å². The lowest BCUT2D eigenvalue weighted by Gasteiger charge is -2.22. The van der Waals surface area contributed by atoms with Crippen molar-refractivity contribution in [3.63, 3.8) is 0 Å². The molecule has 1 atom stereocenters. The Labute approximate surface area is 138 Å². The number of hydrogen-bond acceptors (Lipinski definition) is 4. The van der Waals surface area contributed by atoms with E-state index < -0.39 is 0 Å². The van der Waals surface area contributed by atoms with Crippen LogP contribution in [0.3, 0.4) is 0 Å². The second-order valence-corrected chi connectivity index (χ2v) is 7.07. The Morgan fingerprint density at radius 3 is 2.74 bits per heavy atom. The van der Waals surface area contributed by atoms with Crippen LogP contribution < -0.4 is 10.6 Å². The quantitative estimate of drug-likeness (QED) is 0.817. The number of rotatable bonds is 5. The molecule has 0 radical (unpaired) electrons. The first-order chi connectivity index (χ1) is 10.9. The highest BCUT2D eigenvalue weighted by Crippen LogP contribution is 2.19. The van der Waals surface area contributed by atoms with Crippen LogP contribution in [0.25, 0.3) is 0 Å². The SMILES string of the molecule is CC(C)(C)c1ccc(NC(=O)NCCCC2CCCCO2)nn1. The summed E-state index contributed by atoms with van der Waals surface area (Å²) >= 11 is 0. The molecule has 0 bridgehead atoms. The van der Waals surface area contributed by atoms with Crippen molar-refractivity contribution in [2.24, 2.45) is 0 Å². The smallest absolute Gasteiger partial charge is 0.320 e. The summed E-state index contributed by atoms with van der Waals surface area (Å²) < 4.78 is 5.67. The van der Waals surface area contributed by atoms with E-state index in [1.54, 1.807) is 6.07 Å². The zero-order valence-electron chi connectivity index (χ0n) is 14.4. The number of nitrogens with one attached hydrogen (secondary N) is 2. The van der Waals surface area contributed by atoms with Crippen molar-refractivity contribution in [3.05, 3.63) is 17.8 Å². The minimum absolute atomic E-state index is 0.0466. The van der Waals surface area contributed by atoms with Gasteiger partial charge in [0, 0.05) is 18.6 Å². The number of carbonyl (C=O) groups is 1. The van der Waals surface area contributed by atoms with E-state index in [1.165, 1.54) is 12.8 Å². The summed E-state index contributed by atoms with van der Waals surface area (Å²) in [7, 11) is 0. The van der Waals surface area contributed by atoms with Gasteiger partial charge in [-0.15, -0.1) is 5.10 Å². The fraction of sp³-hybridized carbons (Fsp3) is 0.706. The van der Waals surface area contributed by atoms with Gasteiger partial charge in [0.25, 0.3) is 0 Å². The molecule has 1 aromatic heterocycles. The molecule has 0 aliphatic carbocycles. The van der Waals surface area contributed by atoms with Gasteiger partial charge in [-0.3, -0.25) is 5.32 Å². The number of urea groups is 1. The predicted octanol–water partition coefficient (Wildman–Crippen LogP) is 3.24. The molecule has 1 unspecified atom stereocenters. The van der Waals surface area contributed by atoms with Crippen molar-refractivity contribution in [2.45, 2.75) is 64.4 Å². The maximum atomic E-state index is 11.8. The molecule has 23 heavy (non-hydrogen) atoms. The summed E-state index contributed by atoms with van der Waals surface area (Å²) in [5.74, 6) is 0.464. The van der Waals surface area contributed by atoms with E-state index in [2.05, 4.69) is 41.6 Å². The highest BCUT2D eigenvalue weighted by molar-refractivity contribution is 5.87. The van der Waals surface area contributed by atoms with Crippen molar-refractivity contribution in [3.8, 4) is 0 Å². The molecule has 6 heteroatoms. The second-order valence-electron chi connectivity index (χ2n) is 7.07. The summed E-state index contributed by atoms with van der Waals surface area (Å²) in [5, 5.41) is 13.7. The Bertz CT molecular complexity index is 490. The van der Waals surface area contributed by atoms with Crippen LogP contribution in [-0.2, 0) is 10.2 Å². The van der Waals surface area contributed by atoms with Gasteiger partial charge in [0.05, 0.1) is 11.8 Å². The van der Waals surface area contributed by atoms with E-state index in [0.717, 1.165) is 31.6 Å². The average Bonchev–Trinajstić information content (AvgIpc) is 2.52. The van der Waals surface area contributed by atoms with Crippen molar-refractivity contribution < 1.29 is 9.53 Å². The van der Waals surface area contributed by atoms with Gasteiger partial charge in [-0.2, -0.15) is 5.10 Å². The zero-order valence-corrected chi connectivity index (χ0v) is 14.4. The van der Waals surface area contributed by atoms with Crippen molar-refractivity contribution in [1.29, 1.82) is 0 Å². The number of hydrogen-bond donors (Lipinski definition) is 2. The van der Waals surface area contributed by atoms with Crippen LogP contribution in [0.2, 0.25) is 0 Å². The lowest BCUT2D eigenvalue weighted by Crippen LogP contribution is -2.31. The van der Waals surface area contributed by atoms with Crippen LogP contribution in [0.15, 0.2) is 12.1 Å². The molecule has 0 saturated carbocycles. The fourth-order valence-electron chi connectivity index (χ4n) is 2.53. The van der Waals surface area contributed by atoms with E-state index in [1.807, 2.05) is 6.07 Å². The van der Waals surface area contributed by atoms with Crippen LogP contribution in [0, 0.1) is 0 Å². The van der Waals surface area contributed by atoms with Gasteiger partial charge < -0.3 is 10.1 Å².